The van der Waals surface area contributed by atoms with E-state index >= 15 is 4.39 Å². The van der Waals surface area contributed by atoms with Crippen molar-refractivity contribution in [2.24, 2.45) is 0 Å². The first-order valence-corrected chi connectivity index (χ1v) is 11.6. The smallest absolute Gasteiger partial charge is 0.303 e. The second kappa shape index (κ2) is 10.0. The topological polar surface area (TPSA) is 104 Å². The van der Waals surface area contributed by atoms with Crippen LogP contribution in [-0.4, -0.2) is 31.2 Å². The molecule has 0 aliphatic heterocycles. The van der Waals surface area contributed by atoms with E-state index in [1.165, 1.54) is 30.5 Å². The summed E-state index contributed by atoms with van der Waals surface area (Å²) in [4.78, 5) is 16.5. The lowest BCUT2D eigenvalue weighted by Gasteiger charge is -2.12. The number of carboxylic acid groups (broad SMARTS) is 1. The number of carboxylic acids is 1. The van der Waals surface area contributed by atoms with Gasteiger partial charge < -0.3 is 19.8 Å². The van der Waals surface area contributed by atoms with Crippen LogP contribution in [0.2, 0.25) is 0 Å². The van der Waals surface area contributed by atoms with Crippen molar-refractivity contribution < 1.29 is 32.2 Å². The predicted molar refractivity (Wildman–Crippen MR) is 130 cm³/mol. The second-order valence-corrected chi connectivity index (χ2v) is 8.68. The Bertz CT molecular complexity index is 1660. The van der Waals surface area contributed by atoms with Crippen LogP contribution < -0.4 is 4.74 Å². The minimum atomic E-state index is -1.04. The first-order valence-electron chi connectivity index (χ1n) is 11.6. The van der Waals surface area contributed by atoms with E-state index in [4.69, 9.17) is 9.84 Å². The highest BCUT2D eigenvalue weighted by Gasteiger charge is 2.22. The highest BCUT2D eigenvalue weighted by Crippen LogP contribution is 2.35. The van der Waals surface area contributed by atoms with Crippen LogP contribution in [0.3, 0.4) is 0 Å². The molecule has 38 heavy (non-hydrogen) atoms. The Morgan fingerprint density at radius 2 is 1.84 bits per heavy atom. The third kappa shape index (κ3) is 4.70. The Morgan fingerprint density at radius 1 is 1.03 bits per heavy atom. The summed E-state index contributed by atoms with van der Waals surface area (Å²) >= 11 is 0. The number of halogens is 4. The lowest BCUT2D eigenvalue weighted by atomic mass is 9.96. The molecule has 0 bridgehead atoms. The highest BCUT2D eigenvalue weighted by molar-refractivity contribution is 5.82. The van der Waals surface area contributed by atoms with E-state index in [-0.39, 0.29) is 57.8 Å². The van der Waals surface area contributed by atoms with E-state index in [0.717, 1.165) is 12.1 Å². The number of aromatic amines is 2. The molecule has 1 unspecified atom stereocenters. The lowest BCUT2D eigenvalue weighted by Crippen LogP contribution is -2.06. The zero-order valence-corrected chi connectivity index (χ0v) is 19.9. The molecule has 0 amide bonds. The third-order valence-electron chi connectivity index (χ3n) is 6.21. The van der Waals surface area contributed by atoms with Crippen LogP contribution in [-0.2, 0) is 11.2 Å². The standard InChI is InChI=1S/C27H20F4N4O3/c1-13(16-4-2-3-14(23(16)30)5-8-22(36)37)26-33-27(35-34-26)18-11-15(6-7-19(18)28)38-25-20(29)12-21-17(24(25)31)9-10-32-21/h2-4,6-7,9-13,32H,5,8H2,1H3,(H,36,37)(H,33,34,35). The van der Waals surface area contributed by atoms with Gasteiger partial charge in [-0.3, -0.25) is 4.79 Å². The summed E-state index contributed by atoms with van der Waals surface area (Å²) in [7, 11) is 0. The Kier molecular flexibility index (Phi) is 6.58. The number of H-pyrrole nitrogens is 2. The van der Waals surface area contributed by atoms with Crippen molar-refractivity contribution in [2.45, 2.75) is 25.7 Å². The molecule has 0 aliphatic rings. The molecule has 0 fully saturated rings. The minimum absolute atomic E-state index is 0.000675. The van der Waals surface area contributed by atoms with Crippen molar-refractivity contribution in [3.8, 4) is 22.9 Å². The molecule has 7 nitrogen and oxygen atoms in total. The quantitative estimate of drug-likeness (QED) is 0.202. The van der Waals surface area contributed by atoms with Gasteiger partial charge in [0.05, 0.1) is 11.1 Å². The van der Waals surface area contributed by atoms with Gasteiger partial charge in [-0.05, 0) is 41.8 Å². The first kappa shape index (κ1) is 25.0. The van der Waals surface area contributed by atoms with Crippen molar-refractivity contribution in [2.75, 3.05) is 0 Å². The largest absolute Gasteiger partial charge is 0.481 e. The number of hydrogen-bond acceptors (Lipinski definition) is 4. The summed E-state index contributed by atoms with van der Waals surface area (Å²) in [6.07, 6.45) is 1.28. The van der Waals surface area contributed by atoms with Crippen molar-refractivity contribution >= 4 is 16.9 Å². The van der Waals surface area contributed by atoms with E-state index in [1.807, 2.05) is 0 Å². The van der Waals surface area contributed by atoms with Gasteiger partial charge in [0.25, 0.3) is 0 Å². The van der Waals surface area contributed by atoms with Gasteiger partial charge in [0.1, 0.15) is 23.2 Å². The number of aryl methyl sites for hydroxylation is 1. The Balaban J connectivity index is 1.43. The van der Waals surface area contributed by atoms with E-state index < -0.39 is 40.9 Å². The maximum atomic E-state index is 15.1. The summed E-state index contributed by atoms with van der Waals surface area (Å²) < 4.78 is 64.5. The molecule has 0 aliphatic carbocycles. The Labute approximate surface area is 213 Å². The average molecular weight is 524 g/mol. The summed E-state index contributed by atoms with van der Waals surface area (Å²) in [5.41, 5.74) is 0.705. The van der Waals surface area contributed by atoms with Gasteiger partial charge in [0.15, 0.2) is 23.2 Å². The molecule has 0 spiro atoms. The zero-order chi connectivity index (χ0) is 27.0. The summed E-state index contributed by atoms with van der Waals surface area (Å²) in [5, 5.41) is 17.0. The number of nitrogens with one attached hydrogen (secondary N) is 2. The van der Waals surface area contributed by atoms with Crippen LogP contribution >= 0.6 is 0 Å². The zero-order valence-electron chi connectivity index (χ0n) is 19.9. The van der Waals surface area contributed by atoms with Crippen LogP contribution in [0.15, 0.2) is 54.7 Å². The SMILES string of the molecule is CC(c1nnc(-c2cc(Oc3c(F)cc4[nH]ccc4c3F)ccc2F)[nH]1)c1cccc(CCC(=O)O)c1F. The van der Waals surface area contributed by atoms with Gasteiger partial charge >= 0.3 is 5.97 Å². The van der Waals surface area contributed by atoms with Crippen LogP contribution in [0.4, 0.5) is 17.6 Å². The molecule has 0 saturated heterocycles. The maximum Gasteiger partial charge on any atom is 0.303 e. The van der Waals surface area contributed by atoms with Gasteiger partial charge in [-0.2, -0.15) is 0 Å². The van der Waals surface area contributed by atoms with Gasteiger partial charge in [-0.25, -0.2) is 17.6 Å². The predicted octanol–water partition coefficient (Wildman–Crippen LogP) is 6.47. The highest BCUT2D eigenvalue weighted by atomic mass is 19.1. The number of aliphatic carboxylic acids is 1. The molecule has 5 aromatic rings. The Hall–Kier alpha value is -4.67. The minimum Gasteiger partial charge on any atom is -0.481 e. The van der Waals surface area contributed by atoms with Crippen LogP contribution in [0.5, 0.6) is 11.5 Å². The second-order valence-electron chi connectivity index (χ2n) is 8.68. The molecule has 5 rings (SSSR count). The summed E-state index contributed by atoms with van der Waals surface area (Å²) in [6.45, 7) is 1.67. The van der Waals surface area contributed by atoms with E-state index in [2.05, 4.69) is 20.2 Å². The number of carbonyl (C=O) groups is 1. The first-order chi connectivity index (χ1) is 18.2. The van der Waals surface area contributed by atoms with Crippen LogP contribution in [0.25, 0.3) is 22.3 Å². The van der Waals surface area contributed by atoms with Crippen LogP contribution in [0.1, 0.15) is 36.2 Å². The Morgan fingerprint density at radius 3 is 2.63 bits per heavy atom. The van der Waals surface area contributed by atoms with E-state index in [9.17, 15) is 18.0 Å². The fourth-order valence-corrected chi connectivity index (χ4v) is 4.18. The maximum absolute atomic E-state index is 15.1. The molecule has 0 radical (unpaired) electrons. The normalized spacial score (nSPS) is 12.1. The number of nitrogens with zero attached hydrogens (tertiary/aromatic N) is 2. The fraction of sp³-hybridized carbons (Fsp3) is 0.148. The molecule has 11 heteroatoms. The van der Waals surface area contributed by atoms with Crippen molar-refractivity contribution in [3.05, 3.63) is 94.9 Å². The van der Waals surface area contributed by atoms with Crippen LogP contribution in [0, 0.1) is 23.3 Å². The molecular formula is C27H20F4N4O3. The van der Waals surface area contributed by atoms with Crippen molar-refractivity contribution in [1.29, 1.82) is 0 Å². The molecule has 0 saturated carbocycles. The average Bonchev–Trinajstić information content (AvgIpc) is 3.56. The number of rotatable bonds is 8. The monoisotopic (exact) mass is 524 g/mol. The molecule has 3 N–H and O–H groups in total. The van der Waals surface area contributed by atoms with Gasteiger partial charge in [0.2, 0.25) is 0 Å². The number of fused-ring (bicyclic) bond motifs is 1. The molecule has 1 atom stereocenters. The van der Waals surface area contributed by atoms with Crippen molar-refractivity contribution in [3.63, 3.8) is 0 Å². The lowest BCUT2D eigenvalue weighted by molar-refractivity contribution is -0.136. The molecule has 194 valence electrons. The molecule has 2 heterocycles. The van der Waals surface area contributed by atoms with Crippen molar-refractivity contribution in [1.82, 2.24) is 20.2 Å². The van der Waals surface area contributed by atoms with Gasteiger partial charge in [-0.15, -0.1) is 10.2 Å². The summed E-state index contributed by atoms with van der Waals surface area (Å²) in [6, 6.07) is 10.7. The number of ether oxygens (including phenoxy) is 1. The number of aromatic nitrogens is 4. The fourth-order valence-electron chi connectivity index (χ4n) is 4.18. The van der Waals surface area contributed by atoms with E-state index in [1.54, 1.807) is 19.1 Å². The molecule has 2 aromatic heterocycles. The number of benzene rings is 3. The third-order valence-corrected chi connectivity index (χ3v) is 6.21. The van der Waals surface area contributed by atoms with Gasteiger partial charge in [-0.1, -0.05) is 25.1 Å². The molecular weight excluding hydrogens is 504 g/mol. The van der Waals surface area contributed by atoms with E-state index in [0.29, 0.717) is 0 Å². The van der Waals surface area contributed by atoms with Gasteiger partial charge in [0, 0.05) is 30.0 Å². The summed E-state index contributed by atoms with van der Waals surface area (Å²) in [5.74, 6) is -5.21. The molecule has 3 aromatic carbocycles. The number of hydrogen-bond donors (Lipinski definition) is 3.